The Hall–Kier alpha value is -2.98. The summed E-state index contributed by atoms with van der Waals surface area (Å²) in [6.45, 7) is 3.89. The Morgan fingerprint density at radius 2 is 1.97 bits per heavy atom. The van der Waals surface area contributed by atoms with E-state index in [1.54, 1.807) is 11.3 Å². The van der Waals surface area contributed by atoms with Crippen LogP contribution in [0.2, 0.25) is 0 Å². The molecule has 0 atom stereocenters. The SMILES string of the molecule is CC(C)c1nnc(NC(=O)CSc2nnc(Cc3cccs3)n2-c2ccccc2)o1. The fourth-order valence-corrected chi connectivity index (χ4v) is 4.19. The van der Waals surface area contributed by atoms with Crippen LogP contribution in [0.1, 0.15) is 36.4 Å². The highest BCUT2D eigenvalue weighted by Gasteiger charge is 2.18. The Bertz CT molecular complexity index is 1110. The standard InChI is InChI=1S/C20H20N6O2S2/c1-13(2)18-23-24-19(28-18)21-17(27)12-30-20-25-22-16(11-15-9-6-10-29-15)26(20)14-7-4-3-5-8-14/h3-10,13H,11-12H2,1-2H3,(H,21,24,27). The van der Waals surface area contributed by atoms with E-state index in [0.717, 1.165) is 11.5 Å². The number of nitrogens with one attached hydrogen (secondary N) is 1. The minimum Gasteiger partial charge on any atom is -0.408 e. The van der Waals surface area contributed by atoms with Gasteiger partial charge in [-0.3, -0.25) is 14.7 Å². The van der Waals surface area contributed by atoms with Crippen molar-refractivity contribution >= 4 is 35.0 Å². The van der Waals surface area contributed by atoms with Gasteiger partial charge < -0.3 is 4.42 Å². The molecule has 30 heavy (non-hydrogen) atoms. The van der Waals surface area contributed by atoms with Crippen molar-refractivity contribution in [3.63, 3.8) is 0 Å². The Labute approximate surface area is 181 Å². The van der Waals surface area contributed by atoms with E-state index >= 15 is 0 Å². The van der Waals surface area contributed by atoms with E-state index in [0.29, 0.717) is 17.5 Å². The van der Waals surface area contributed by atoms with Crippen molar-refractivity contribution < 1.29 is 9.21 Å². The average Bonchev–Trinajstić information content (AvgIpc) is 3.49. The van der Waals surface area contributed by atoms with Gasteiger partial charge in [0.1, 0.15) is 5.82 Å². The highest BCUT2D eigenvalue weighted by molar-refractivity contribution is 7.99. The quantitative estimate of drug-likeness (QED) is 0.411. The number of hydrogen-bond donors (Lipinski definition) is 1. The Kier molecular flexibility index (Phi) is 6.24. The van der Waals surface area contributed by atoms with Crippen LogP contribution in [0.25, 0.3) is 5.69 Å². The Morgan fingerprint density at radius 3 is 2.67 bits per heavy atom. The van der Waals surface area contributed by atoms with Gasteiger partial charge in [0.25, 0.3) is 0 Å². The number of thioether (sulfide) groups is 1. The number of nitrogens with zero attached hydrogens (tertiary/aromatic N) is 5. The summed E-state index contributed by atoms with van der Waals surface area (Å²) in [4.78, 5) is 13.6. The second kappa shape index (κ2) is 9.23. The summed E-state index contributed by atoms with van der Waals surface area (Å²) in [5, 5.41) is 21.8. The second-order valence-electron chi connectivity index (χ2n) is 6.76. The predicted molar refractivity (Wildman–Crippen MR) is 116 cm³/mol. The summed E-state index contributed by atoms with van der Waals surface area (Å²) in [6.07, 6.45) is 0.673. The number of benzene rings is 1. The monoisotopic (exact) mass is 440 g/mol. The van der Waals surface area contributed by atoms with Crippen molar-refractivity contribution in [1.82, 2.24) is 25.0 Å². The average molecular weight is 441 g/mol. The number of thiophene rings is 1. The Morgan fingerprint density at radius 1 is 1.13 bits per heavy atom. The zero-order chi connectivity index (χ0) is 20.9. The van der Waals surface area contributed by atoms with Crippen LogP contribution >= 0.6 is 23.1 Å². The molecule has 154 valence electrons. The topological polar surface area (TPSA) is 98.7 Å². The van der Waals surface area contributed by atoms with Gasteiger partial charge in [0.15, 0.2) is 5.16 Å². The summed E-state index contributed by atoms with van der Waals surface area (Å²) < 4.78 is 7.42. The molecule has 0 saturated heterocycles. The number of carbonyl (C=O) groups is 1. The molecule has 3 aromatic heterocycles. The van der Waals surface area contributed by atoms with Gasteiger partial charge in [-0.1, -0.05) is 55.0 Å². The number of aromatic nitrogens is 5. The number of para-hydroxylation sites is 1. The normalized spacial score (nSPS) is 11.2. The summed E-state index contributed by atoms with van der Waals surface area (Å²) in [6, 6.07) is 14.1. The van der Waals surface area contributed by atoms with Gasteiger partial charge >= 0.3 is 6.01 Å². The van der Waals surface area contributed by atoms with E-state index in [1.165, 1.54) is 16.6 Å². The lowest BCUT2D eigenvalue weighted by atomic mass is 10.2. The molecule has 10 heteroatoms. The molecular formula is C20H20N6O2S2. The molecule has 3 heterocycles. The third kappa shape index (κ3) is 4.77. The summed E-state index contributed by atoms with van der Waals surface area (Å²) in [5.41, 5.74) is 0.954. The lowest BCUT2D eigenvalue weighted by Gasteiger charge is -2.09. The first-order valence-electron chi connectivity index (χ1n) is 9.38. The van der Waals surface area contributed by atoms with Gasteiger partial charge in [0.05, 0.1) is 5.75 Å². The first-order valence-corrected chi connectivity index (χ1v) is 11.2. The highest BCUT2D eigenvalue weighted by atomic mass is 32.2. The maximum absolute atomic E-state index is 12.4. The van der Waals surface area contributed by atoms with Gasteiger partial charge in [0.2, 0.25) is 11.8 Å². The molecule has 0 unspecified atom stereocenters. The van der Waals surface area contributed by atoms with Crippen molar-refractivity contribution in [1.29, 1.82) is 0 Å². The van der Waals surface area contributed by atoms with E-state index in [2.05, 4.69) is 31.8 Å². The number of amides is 1. The molecule has 0 bridgehead atoms. The van der Waals surface area contributed by atoms with Crippen molar-refractivity contribution in [2.45, 2.75) is 31.3 Å². The zero-order valence-corrected chi connectivity index (χ0v) is 18.1. The van der Waals surface area contributed by atoms with Crippen LogP contribution in [0, 0.1) is 0 Å². The molecule has 0 aliphatic rings. The first-order chi connectivity index (χ1) is 14.6. The fourth-order valence-electron chi connectivity index (χ4n) is 2.72. The Balaban J connectivity index is 1.49. The molecule has 0 aliphatic carbocycles. The van der Waals surface area contributed by atoms with Crippen LogP contribution in [0.5, 0.6) is 0 Å². The van der Waals surface area contributed by atoms with Gasteiger partial charge in [-0.05, 0) is 23.6 Å². The number of hydrogen-bond acceptors (Lipinski definition) is 8. The molecule has 1 aromatic carbocycles. The lowest BCUT2D eigenvalue weighted by molar-refractivity contribution is -0.113. The van der Waals surface area contributed by atoms with E-state index in [9.17, 15) is 4.79 Å². The molecule has 0 fully saturated rings. The predicted octanol–water partition coefficient (Wildman–Crippen LogP) is 4.16. The van der Waals surface area contributed by atoms with Crippen LogP contribution in [0.15, 0.2) is 57.4 Å². The lowest BCUT2D eigenvalue weighted by Crippen LogP contribution is -2.15. The molecule has 1 N–H and O–H groups in total. The summed E-state index contributed by atoms with van der Waals surface area (Å²) >= 11 is 2.99. The van der Waals surface area contributed by atoms with Crippen molar-refractivity contribution in [3.8, 4) is 5.69 Å². The fraction of sp³-hybridized carbons (Fsp3) is 0.250. The van der Waals surface area contributed by atoms with Crippen LogP contribution in [-0.4, -0.2) is 36.6 Å². The van der Waals surface area contributed by atoms with E-state index in [-0.39, 0.29) is 23.6 Å². The first kappa shape index (κ1) is 20.3. The van der Waals surface area contributed by atoms with Crippen molar-refractivity contribution in [2.24, 2.45) is 0 Å². The number of anilines is 1. The maximum atomic E-state index is 12.4. The number of rotatable bonds is 8. The number of carbonyl (C=O) groups excluding carboxylic acids is 1. The largest absolute Gasteiger partial charge is 0.408 e. The molecule has 4 rings (SSSR count). The third-order valence-corrected chi connectivity index (χ3v) is 5.95. The van der Waals surface area contributed by atoms with Crippen LogP contribution < -0.4 is 5.32 Å². The molecule has 0 aliphatic heterocycles. The van der Waals surface area contributed by atoms with Crippen molar-refractivity contribution in [3.05, 3.63) is 64.4 Å². The maximum Gasteiger partial charge on any atom is 0.322 e. The molecule has 4 aromatic rings. The summed E-state index contributed by atoms with van der Waals surface area (Å²) in [5.74, 6) is 1.30. The minimum absolute atomic E-state index is 0.101. The van der Waals surface area contributed by atoms with E-state index < -0.39 is 0 Å². The van der Waals surface area contributed by atoms with Crippen LogP contribution in [0.3, 0.4) is 0 Å². The van der Waals surface area contributed by atoms with E-state index in [4.69, 9.17) is 4.42 Å². The van der Waals surface area contributed by atoms with Crippen LogP contribution in [-0.2, 0) is 11.2 Å². The molecular weight excluding hydrogens is 420 g/mol. The minimum atomic E-state index is -0.249. The molecule has 0 spiro atoms. The van der Waals surface area contributed by atoms with Gasteiger partial charge in [-0.2, -0.15) is 0 Å². The smallest absolute Gasteiger partial charge is 0.322 e. The van der Waals surface area contributed by atoms with Crippen molar-refractivity contribution in [2.75, 3.05) is 11.1 Å². The summed E-state index contributed by atoms with van der Waals surface area (Å²) in [7, 11) is 0. The second-order valence-corrected chi connectivity index (χ2v) is 8.74. The third-order valence-electron chi connectivity index (χ3n) is 4.14. The molecule has 0 saturated carbocycles. The highest BCUT2D eigenvalue weighted by Crippen LogP contribution is 2.25. The molecule has 8 nitrogen and oxygen atoms in total. The van der Waals surface area contributed by atoms with Gasteiger partial charge in [-0.25, -0.2) is 0 Å². The molecule has 0 radical (unpaired) electrons. The van der Waals surface area contributed by atoms with E-state index in [1.807, 2.05) is 60.2 Å². The molecule has 1 amide bonds. The van der Waals surface area contributed by atoms with Gasteiger partial charge in [-0.15, -0.1) is 26.6 Å². The van der Waals surface area contributed by atoms with Gasteiger partial charge in [0, 0.05) is 22.9 Å². The zero-order valence-electron chi connectivity index (χ0n) is 16.5. The van der Waals surface area contributed by atoms with Crippen LogP contribution in [0.4, 0.5) is 6.01 Å².